The van der Waals surface area contributed by atoms with Gasteiger partial charge in [-0.25, -0.2) is 14.8 Å². The lowest BCUT2D eigenvalue weighted by Gasteiger charge is -2.35. The number of hydrogen-bond donors (Lipinski definition) is 2. The number of piperidine rings is 1. The molecule has 0 saturated carbocycles. The number of nitrogens with one attached hydrogen (secondary N) is 2. The number of amides is 2. The lowest BCUT2D eigenvalue weighted by atomic mass is 9.96. The van der Waals surface area contributed by atoms with Gasteiger partial charge in [-0.3, -0.25) is 14.6 Å². The molecule has 2 fully saturated rings. The van der Waals surface area contributed by atoms with Crippen LogP contribution >= 0.6 is 23.2 Å². The molecule has 0 atom stereocenters. The first-order valence-corrected chi connectivity index (χ1v) is 17.7. The Hall–Kier alpha value is -3.64. The number of pyridine rings is 2. The van der Waals surface area contributed by atoms with E-state index >= 15 is 0 Å². The normalized spacial score (nSPS) is 16.3. The molecule has 2 aliphatic rings. The smallest absolute Gasteiger partial charge is 0.407 e. The summed E-state index contributed by atoms with van der Waals surface area (Å²) in [6, 6.07) is 13.3. The van der Waals surface area contributed by atoms with Crippen molar-refractivity contribution in [2.75, 3.05) is 63.8 Å². The fourth-order valence-corrected chi connectivity index (χ4v) is 6.54. The van der Waals surface area contributed by atoms with Crippen LogP contribution in [0.1, 0.15) is 46.1 Å². The summed E-state index contributed by atoms with van der Waals surface area (Å²) >= 11 is 12.7. The molecule has 2 aliphatic heterocycles. The number of hydrogen-bond acceptors (Lipinski definition) is 9. The van der Waals surface area contributed by atoms with Gasteiger partial charge < -0.3 is 25.0 Å². The number of carbonyl (C=O) groups is 2. The predicted octanol–water partition coefficient (Wildman–Crippen LogP) is 6.24. The van der Waals surface area contributed by atoms with Gasteiger partial charge in [-0.15, -0.1) is 0 Å². The molecule has 0 spiro atoms. The summed E-state index contributed by atoms with van der Waals surface area (Å²) in [7, 11) is 0. The van der Waals surface area contributed by atoms with E-state index in [1.807, 2.05) is 51.1 Å². The van der Waals surface area contributed by atoms with Gasteiger partial charge in [-0.1, -0.05) is 23.2 Å². The van der Waals surface area contributed by atoms with Crippen LogP contribution in [0.4, 0.5) is 10.6 Å². The summed E-state index contributed by atoms with van der Waals surface area (Å²) in [4.78, 5) is 39.8. The molecule has 11 nitrogen and oxygen atoms in total. The Bertz CT molecular complexity index is 1550. The van der Waals surface area contributed by atoms with Crippen molar-refractivity contribution in [2.24, 2.45) is 5.92 Å². The molecule has 0 radical (unpaired) electrons. The van der Waals surface area contributed by atoms with Crippen LogP contribution in [0.5, 0.6) is 11.6 Å². The molecule has 4 heterocycles. The van der Waals surface area contributed by atoms with E-state index < -0.39 is 5.60 Å². The monoisotopic (exact) mass is 711 g/mol. The third kappa shape index (κ3) is 11.7. The molecule has 2 aromatic heterocycles. The molecule has 3 aromatic rings. The maximum atomic E-state index is 11.9. The van der Waals surface area contributed by atoms with Gasteiger partial charge in [0.15, 0.2) is 0 Å². The second-order valence-corrected chi connectivity index (χ2v) is 14.6. The molecular formula is C36H47Cl2N7O4. The van der Waals surface area contributed by atoms with Crippen LogP contribution < -0.4 is 20.3 Å². The predicted molar refractivity (Wildman–Crippen MR) is 194 cm³/mol. The zero-order valence-electron chi connectivity index (χ0n) is 28.8. The second-order valence-electron chi connectivity index (χ2n) is 13.7. The first kappa shape index (κ1) is 36.6. The highest BCUT2D eigenvalue weighted by atomic mass is 35.5. The van der Waals surface area contributed by atoms with Gasteiger partial charge in [-0.2, -0.15) is 0 Å². The molecule has 49 heavy (non-hydrogen) atoms. The molecule has 0 bridgehead atoms. The largest absolute Gasteiger partial charge is 0.444 e. The third-order valence-corrected chi connectivity index (χ3v) is 8.95. The molecule has 13 heteroatoms. The molecule has 264 valence electrons. The number of ether oxygens (including phenoxy) is 2. The minimum absolute atomic E-state index is 0.0197. The highest BCUT2D eigenvalue weighted by Crippen LogP contribution is 2.31. The van der Waals surface area contributed by atoms with Gasteiger partial charge in [0.05, 0.1) is 11.9 Å². The SMILES string of the molecule is CC(=O)NCC1CCN(Cc2cc(Oc3ccc(N4CCN(CCNC(=O)OC(C)(C)C)CC4)nc3)nc(-c3cc(Cl)cc(Cl)c3)c2)CC1. The molecular weight excluding hydrogens is 665 g/mol. The summed E-state index contributed by atoms with van der Waals surface area (Å²) in [5.41, 5.74) is 2.10. The highest BCUT2D eigenvalue weighted by Gasteiger charge is 2.22. The minimum Gasteiger partial charge on any atom is -0.444 e. The average molecular weight is 713 g/mol. The number of aromatic nitrogens is 2. The summed E-state index contributed by atoms with van der Waals surface area (Å²) in [6.07, 6.45) is 3.41. The first-order valence-electron chi connectivity index (χ1n) is 16.9. The molecule has 0 aliphatic carbocycles. The maximum absolute atomic E-state index is 11.9. The first-order chi connectivity index (χ1) is 23.4. The van der Waals surface area contributed by atoms with Crippen molar-refractivity contribution in [2.45, 2.75) is 52.7 Å². The highest BCUT2D eigenvalue weighted by molar-refractivity contribution is 6.35. The Morgan fingerprint density at radius 2 is 1.63 bits per heavy atom. The van der Waals surface area contributed by atoms with Gasteiger partial charge in [0.2, 0.25) is 11.8 Å². The Balaban J connectivity index is 1.19. The van der Waals surface area contributed by atoms with Crippen molar-refractivity contribution >= 4 is 41.0 Å². The van der Waals surface area contributed by atoms with Crippen molar-refractivity contribution in [3.8, 4) is 22.9 Å². The third-order valence-electron chi connectivity index (χ3n) is 8.51. The van der Waals surface area contributed by atoms with Gasteiger partial charge in [0.25, 0.3) is 0 Å². The number of halogens is 2. The van der Waals surface area contributed by atoms with E-state index in [1.165, 1.54) is 0 Å². The Morgan fingerprint density at radius 3 is 2.27 bits per heavy atom. The van der Waals surface area contributed by atoms with E-state index in [0.717, 1.165) is 94.4 Å². The topological polar surface area (TPSA) is 112 Å². The number of benzene rings is 1. The Labute approximate surface area is 299 Å². The molecule has 2 amide bonds. The molecule has 2 saturated heterocycles. The van der Waals surface area contributed by atoms with E-state index in [-0.39, 0.29) is 12.0 Å². The summed E-state index contributed by atoms with van der Waals surface area (Å²) in [6.45, 7) is 15.2. The van der Waals surface area contributed by atoms with E-state index in [4.69, 9.17) is 42.6 Å². The van der Waals surface area contributed by atoms with Crippen LogP contribution in [-0.4, -0.2) is 96.3 Å². The van der Waals surface area contributed by atoms with Crippen LogP contribution in [0.15, 0.2) is 48.7 Å². The summed E-state index contributed by atoms with van der Waals surface area (Å²) in [5.74, 6) is 2.46. The standard InChI is InChI=1S/C36H47Cl2N7O4/c1-25(46)40-22-26-7-10-44(11-8-26)24-27-17-32(28-19-29(37)21-30(38)20-28)42-34(18-27)48-31-5-6-33(41-23-31)45-15-13-43(14-16-45)12-9-39-35(47)49-36(2,3)4/h5-6,17-21,23,26H,7-16,22,24H2,1-4H3,(H,39,47)(H,40,46). The van der Waals surface area contributed by atoms with Crippen LogP contribution in [0, 0.1) is 5.92 Å². The van der Waals surface area contributed by atoms with Crippen LogP contribution in [0.2, 0.25) is 10.0 Å². The van der Waals surface area contributed by atoms with Crippen LogP contribution in [0.25, 0.3) is 11.3 Å². The van der Waals surface area contributed by atoms with E-state index in [9.17, 15) is 9.59 Å². The van der Waals surface area contributed by atoms with E-state index in [0.29, 0.717) is 34.1 Å². The summed E-state index contributed by atoms with van der Waals surface area (Å²) < 4.78 is 11.6. The van der Waals surface area contributed by atoms with Gasteiger partial charge in [-0.05, 0) is 94.6 Å². The van der Waals surface area contributed by atoms with Crippen molar-refractivity contribution in [1.82, 2.24) is 30.4 Å². The number of likely N-dealkylation sites (tertiary alicyclic amines) is 1. The quantitative estimate of drug-likeness (QED) is 0.239. The van der Waals surface area contributed by atoms with Crippen molar-refractivity contribution < 1.29 is 19.1 Å². The lowest BCUT2D eigenvalue weighted by molar-refractivity contribution is -0.119. The summed E-state index contributed by atoms with van der Waals surface area (Å²) in [5, 5.41) is 6.86. The molecule has 1 aromatic carbocycles. The van der Waals surface area contributed by atoms with E-state index in [1.54, 1.807) is 19.2 Å². The number of alkyl carbamates (subject to hydrolysis) is 1. The number of rotatable bonds is 11. The number of carbonyl (C=O) groups excluding carboxylic acids is 2. The number of anilines is 1. The number of nitrogens with zero attached hydrogens (tertiary/aromatic N) is 5. The fourth-order valence-electron chi connectivity index (χ4n) is 6.02. The zero-order chi connectivity index (χ0) is 35.0. The maximum Gasteiger partial charge on any atom is 0.407 e. The van der Waals surface area contributed by atoms with Crippen molar-refractivity contribution in [1.29, 1.82) is 0 Å². The fraction of sp³-hybridized carbons (Fsp3) is 0.500. The Kier molecular flexibility index (Phi) is 12.6. The van der Waals surface area contributed by atoms with Gasteiger partial charge in [0.1, 0.15) is 17.2 Å². The van der Waals surface area contributed by atoms with Gasteiger partial charge in [0, 0.05) is 81.0 Å². The number of piperazine rings is 1. The molecule has 2 N–H and O–H groups in total. The van der Waals surface area contributed by atoms with Crippen LogP contribution in [0.3, 0.4) is 0 Å². The second kappa shape index (κ2) is 16.8. The van der Waals surface area contributed by atoms with Gasteiger partial charge >= 0.3 is 6.09 Å². The minimum atomic E-state index is -0.506. The van der Waals surface area contributed by atoms with Crippen molar-refractivity contribution in [3.63, 3.8) is 0 Å². The molecule has 5 rings (SSSR count). The van der Waals surface area contributed by atoms with E-state index in [2.05, 4.69) is 31.4 Å². The zero-order valence-corrected chi connectivity index (χ0v) is 30.3. The Morgan fingerprint density at radius 1 is 0.918 bits per heavy atom. The van der Waals surface area contributed by atoms with Crippen LogP contribution in [-0.2, 0) is 16.1 Å². The lowest BCUT2D eigenvalue weighted by Crippen LogP contribution is -2.49. The van der Waals surface area contributed by atoms with Crippen molar-refractivity contribution in [3.05, 3.63) is 64.3 Å². The average Bonchev–Trinajstić information content (AvgIpc) is 3.04. The molecule has 0 unspecified atom stereocenters.